The first kappa shape index (κ1) is 20.3. The van der Waals surface area contributed by atoms with Crippen LogP contribution < -0.4 is 14.8 Å². The molecule has 7 nitrogen and oxygen atoms in total. The van der Waals surface area contributed by atoms with E-state index in [-0.39, 0.29) is 6.42 Å². The first-order valence-electron chi connectivity index (χ1n) is 8.76. The van der Waals surface area contributed by atoms with Crippen LogP contribution in [0.25, 0.3) is 10.6 Å². The van der Waals surface area contributed by atoms with E-state index >= 15 is 0 Å². The number of aliphatic carboxylic acids is 1. The van der Waals surface area contributed by atoms with Crippen LogP contribution in [0.15, 0.2) is 53.9 Å². The summed E-state index contributed by atoms with van der Waals surface area (Å²) in [6.07, 6.45) is -0.0284. The lowest BCUT2D eigenvalue weighted by Crippen LogP contribution is -2.34. The van der Waals surface area contributed by atoms with Crippen molar-refractivity contribution in [3.63, 3.8) is 0 Å². The second kappa shape index (κ2) is 9.20. The van der Waals surface area contributed by atoms with Crippen LogP contribution >= 0.6 is 11.3 Å². The van der Waals surface area contributed by atoms with Crippen molar-refractivity contribution in [2.45, 2.75) is 12.5 Å². The third-order valence-electron chi connectivity index (χ3n) is 4.21. The highest BCUT2D eigenvalue weighted by atomic mass is 32.1. The molecular formula is C21H20N2O5S. The molecule has 0 fully saturated rings. The number of methoxy groups -OCH3 is 2. The van der Waals surface area contributed by atoms with Gasteiger partial charge in [-0.1, -0.05) is 36.4 Å². The Bertz CT molecular complexity index is 1000. The number of amides is 1. The molecule has 150 valence electrons. The third kappa shape index (κ3) is 4.72. The Hall–Kier alpha value is -3.39. The predicted octanol–water partition coefficient (Wildman–Crippen LogP) is 3.31. The fraction of sp³-hybridized carbons (Fsp3) is 0.190. The van der Waals surface area contributed by atoms with Crippen molar-refractivity contribution >= 4 is 23.2 Å². The molecule has 1 unspecified atom stereocenters. The zero-order valence-corrected chi connectivity index (χ0v) is 16.7. The van der Waals surface area contributed by atoms with E-state index in [1.807, 2.05) is 12.1 Å². The minimum atomic E-state index is -1.12. The molecule has 0 radical (unpaired) electrons. The van der Waals surface area contributed by atoms with Crippen molar-refractivity contribution < 1.29 is 24.2 Å². The quantitative estimate of drug-likeness (QED) is 0.589. The summed E-state index contributed by atoms with van der Waals surface area (Å²) < 4.78 is 10.7. The lowest BCUT2D eigenvalue weighted by atomic mass is 10.1. The largest absolute Gasteiger partial charge is 0.493 e. The van der Waals surface area contributed by atoms with E-state index in [2.05, 4.69) is 10.3 Å². The molecule has 8 heteroatoms. The molecule has 1 amide bonds. The number of aromatic nitrogens is 1. The Morgan fingerprint density at radius 1 is 1.10 bits per heavy atom. The highest BCUT2D eigenvalue weighted by Gasteiger charge is 2.22. The number of carbonyl (C=O) groups excluding carboxylic acids is 1. The monoisotopic (exact) mass is 412 g/mol. The van der Waals surface area contributed by atoms with E-state index < -0.39 is 17.9 Å². The Morgan fingerprint density at radius 3 is 2.52 bits per heavy atom. The summed E-state index contributed by atoms with van der Waals surface area (Å²) >= 11 is 1.37. The van der Waals surface area contributed by atoms with Gasteiger partial charge in [-0.3, -0.25) is 4.79 Å². The molecule has 2 N–H and O–H groups in total. The average molecular weight is 412 g/mol. The molecule has 0 aliphatic rings. The SMILES string of the molecule is COc1cccc(-c2nc(CC(=O)NC(C(=O)O)c3ccccc3)cs2)c1OC. The van der Waals surface area contributed by atoms with E-state index in [1.54, 1.807) is 56.0 Å². The van der Waals surface area contributed by atoms with Gasteiger partial charge in [0.2, 0.25) is 5.91 Å². The van der Waals surface area contributed by atoms with Crippen molar-refractivity contribution in [2.75, 3.05) is 14.2 Å². The highest BCUT2D eigenvalue weighted by Crippen LogP contribution is 2.39. The van der Waals surface area contributed by atoms with Gasteiger partial charge in [-0.25, -0.2) is 9.78 Å². The molecule has 0 bridgehead atoms. The summed E-state index contributed by atoms with van der Waals surface area (Å²) in [4.78, 5) is 28.5. The Balaban J connectivity index is 1.75. The smallest absolute Gasteiger partial charge is 0.330 e. The van der Waals surface area contributed by atoms with Gasteiger partial charge in [-0.2, -0.15) is 0 Å². The maximum absolute atomic E-state index is 12.4. The predicted molar refractivity (Wildman–Crippen MR) is 109 cm³/mol. The number of carboxylic acids is 1. The fourth-order valence-electron chi connectivity index (χ4n) is 2.88. The van der Waals surface area contributed by atoms with E-state index in [4.69, 9.17) is 9.47 Å². The molecule has 0 saturated heterocycles. The molecule has 0 saturated carbocycles. The molecule has 0 aliphatic carbocycles. The van der Waals surface area contributed by atoms with Gasteiger partial charge in [0.05, 0.1) is 31.9 Å². The van der Waals surface area contributed by atoms with Gasteiger partial charge in [0.15, 0.2) is 17.5 Å². The number of hydrogen-bond donors (Lipinski definition) is 2. The third-order valence-corrected chi connectivity index (χ3v) is 5.14. The number of ether oxygens (including phenoxy) is 2. The van der Waals surface area contributed by atoms with E-state index in [0.717, 1.165) is 5.56 Å². The van der Waals surface area contributed by atoms with Crippen LogP contribution in [0, 0.1) is 0 Å². The standard InChI is InChI=1S/C21H20N2O5S/c1-27-16-10-6-9-15(19(16)28-2)20-22-14(12-29-20)11-17(24)23-18(21(25)26)13-7-4-3-5-8-13/h3-10,12,18H,11H2,1-2H3,(H,23,24)(H,25,26). The van der Waals surface area contributed by atoms with Gasteiger partial charge in [-0.15, -0.1) is 11.3 Å². The van der Waals surface area contributed by atoms with Crippen LogP contribution in [-0.2, 0) is 16.0 Å². The van der Waals surface area contributed by atoms with Crippen LogP contribution in [0.4, 0.5) is 0 Å². The molecule has 0 aliphatic heterocycles. The molecule has 3 aromatic rings. The summed E-state index contributed by atoms with van der Waals surface area (Å²) in [5.74, 6) is -0.387. The number of nitrogens with zero attached hydrogens (tertiary/aromatic N) is 1. The summed E-state index contributed by atoms with van der Waals surface area (Å²) in [5.41, 5.74) is 1.81. The van der Waals surface area contributed by atoms with E-state index in [9.17, 15) is 14.7 Å². The first-order valence-corrected chi connectivity index (χ1v) is 9.64. The second-order valence-electron chi connectivity index (χ2n) is 6.11. The topological polar surface area (TPSA) is 97.8 Å². The average Bonchev–Trinajstić information content (AvgIpc) is 3.19. The second-order valence-corrected chi connectivity index (χ2v) is 6.97. The zero-order valence-electron chi connectivity index (χ0n) is 15.9. The Labute approximate surface area is 171 Å². The van der Waals surface area contributed by atoms with Crippen LogP contribution in [0.2, 0.25) is 0 Å². The highest BCUT2D eigenvalue weighted by molar-refractivity contribution is 7.13. The van der Waals surface area contributed by atoms with Gasteiger partial charge in [0.25, 0.3) is 0 Å². The van der Waals surface area contributed by atoms with Gasteiger partial charge >= 0.3 is 5.97 Å². The minimum Gasteiger partial charge on any atom is -0.493 e. The summed E-state index contributed by atoms with van der Waals surface area (Å²) in [6.45, 7) is 0. The van der Waals surface area contributed by atoms with Crippen molar-refractivity contribution in [1.82, 2.24) is 10.3 Å². The Morgan fingerprint density at radius 2 is 1.86 bits per heavy atom. The molecule has 1 atom stereocenters. The number of carboxylic acid groups (broad SMARTS) is 1. The molecule has 1 heterocycles. The fourth-order valence-corrected chi connectivity index (χ4v) is 3.72. The van der Waals surface area contributed by atoms with Crippen molar-refractivity contribution in [3.05, 3.63) is 65.2 Å². The van der Waals surface area contributed by atoms with Gasteiger partial charge in [-0.05, 0) is 17.7 Å². The maximum atomic E-state index is 12.4. The van der Waals surface area contributed by atoms with E-state index in [0.29, 0.717) is 27.8 Å². The van der Waals surface area contributed by atoms with Crippen LogP contribution in [0.5, 0.6) is 11.5 Å². The Kier molecular flexibility index (Phi) is 6.46. The number of nitrogens with one attached hydrogen (secondary N) is 1. The molecule has 3 rings (SSSR count). The van der Waals surface area contributed by atoms with E-state index in [1.165, 1.54) is 11.3 Å². The molecule has 0 spiro atoms. The van der Waals surface area contributed by atoms with Gasteiger partial charge in [0.1, 0.15) is 5.01 Å². The lowest BCUT2D eigenvalue weighted by Gasteiger charge is -2.14. The number of thiazole rings is 1. The van der Waals surface area contributed by atoms with Crippen LogP contribution in [0.3, 0.4) is 0 Å². The summed E-state index contributed by atoms with van der Waals surface area (Å²) in [7, 11) is 3.11. The minimum absolute atomic E-state index is 0.0284. The number of rotatable bonds is 8. The van der Waals surface area contributed by atoms with Crippen LogP contribution in [-0.4, -0.2) is 36.2 Å². The zero-order chi connectivity index (χ0) is 20.8. The number of carbonyl (C=O) groups is 2. The maximum Gasteiger partial charge on any atom is 0.330 e. The summed E-state index contributed by atoms with van der Waals surface area (Å²) in [5, 5.41) is 14.5. The molecule has 29 heavy (non-hydrogen) atoms. The van der Waals surface area contributed by atoms with Gasteiger partial charge < -0.3 is 19.9 Å². The van der Waals surface area contributed by atoms with Crippen molar-refractivity contribution in [2.24, 2.45) is 0 Å². The molecule has 2 aromatic carbocycles. The molecule has 1 aromatic heterocycles. The first-order chi connectivity index (χ1) is 14.0. The van der Waals surface area contributed by atoms with Crippen molar-refractivity contribution in [3.8, 4) is 22.1 Å². The van der Waals surface area contributed by atoms with Crippen LogP contribution in [0.1, 0.15) is 17.3 Å². The summed E-state index contributed by atoms with van der Waals surface area (Å²) in [6, 6.07) is 12.9. The number of hydrogen-bond acceptors (Lipinski definition) is 6. The van der Waals surface area contributed by atoms with Gasteiger partial charge in [0, 0.05) is 5.38 Å². The van der Waals surface area contributed by atoms with Crippen molar-refractivity contribution in [1.29, 1.82) is 0 Å². The number of benzene rings is 2. The number of para-hydroxylation sites is 1. The normalized spacial score (nSPS) is 11.5. The lowest BCUT2D eigenvalue weighted by molar-refractivity contribution is -0.142. The molecular weight excluding hydrogens is 392 g/mol.